The smallest absolute Gasteiger partial charge is 0.200 e. The van der Waals surface area contributed by atoms with Crippen molar-refractivity contribution < 1.29 is 12.8 Å². The second-order valence-corrected chi connectivity index (χ2v) is 9.38. The van der Waals surface area contributed by atoms with Crippen LogP contribution in [-0.4, -0.2) is 56.0 Å². The van der Waals surface area contributed by atoms with Gasteiger partial charge in [0.2, 0.25) is 9.84 Å². The van der Waals surface area contributed by atoms with Crippen LogP contribution in [0, 0.1) is 17.1 Å². The molecule has 4 rings (SSSR count). The Hall–Kier alpha value is -3.09. The van der Waals surface area contributed by atoms with Crippen LogP contribution in [0.2, 0.25) is 0 Å². The topological polar surface area (TPSA) is 90.2 Å². The van der Waals surface area contributed by atoms with Crippen LogP contribution in [0.4, 0.5) is 10.2 Å². The molecule has 7 nitrogen and oxygen atoms in total. The van der Waals surface area contributed by atoms with E-state index in [1.54, 1.807) is 12.1 Å². The zero-order chi connectivity index (χ0) is 22.0. The van der Waals surface area contributed by atoms with Gasteiger partial charge in [-0.3, -0.25) is 0 Å². The molecule has 1 atom stereocenters. The first-order valence-electron chi connectivity index (χ1n) is 10.1. The first kappa shape index (κ1) is 21.2. The zero-order valence-corrected chi connectivity index (χ0v) is 17.9. The van der Waals surface area contributed by atoms with Crippen LogP contribution in [0.3, 0.4) is 0 Å². The number of hydrogen-bond acceptors (Lipinski definition) is 7. The first-order valence-corrected chi connectivity index (χ1v) is 11.6. The first-order chi connectivity index (χ1) is 14.9. The Labute approximate surface area is 180 Å². The highest BCUT2D eigenvalue weighted by Gasteiger charge is 2.35. The fourth-order valence-corrected chi connectivity index (χ4v) is 5.11. The summed E-state index contributed by atoms with van der Waals surface area (Å²) in [5, 5.41) is 8.35. The molecule has 2 heterocycles. The van der Waals surface area contributed by atoms with E-state index in [9.17, 15) is 18.1 Å². The van der Waals surface area contributed by atoms with Crippen molar-refractivity contribution in [3.8, 4) is 6.07 Å². The second-order valence-electron chi connectivity index (χ2n) is 7.35. The molecule has 0 radical (unpaired) electrons. The van der Waals surface area contributed by atoms with Gasteiger partial charge in [0.15, 0.2) is 11.1 Å². The lowest BCUT2D eigenvalue weighted by Crippen LogP contribution is -2.47. The average Bonchev–Trinajstić information content (AvgIpc) is 2.79. The Balaban J connectivity index is 1.84. The third-order valence-corrected chi connectivity index (χ3v) is 7.39. The van der Waals surface area contributed by atoms with E-state index in [0.29, 0.717) is 29.9 Å². The molecule has 0 spiro atoms. The van der Waals surface area contributed by atoms with Crippen molar-refractivity contribution in [3.05, 3.63) is 60.0 Å². The molecule has 1 aliphatic heterocycles. The number of aromatic nitrogens is 2. The lowest BCUT2D eigenvalue weighted by molar-refractivity contribution is 0.270. The number of anilines is 1. The summed E-state index contributed by atoms with van der Waals surface area (Å²) in [6.45, 7) is 5.96. The van der Waals surface area contributed by atoms with Gasteiger partial charge in [-0.15, -0.1) is 0 Å². The van der Waals surface area contributed by atoms with Crippen molar-refractivity contribution >= 4 is 26.7 Å². The van der Waals surface area contributed by atoms with E-state index < -0.39 is 20.9 Å². The third-order valence-electron chi connectivity index (χ3n) is 5.52. The van der Waals surface area contributed by atoms with E-state index in [2.05, 4.69) is 16.8 Å². The summed E-state index contributed by atoms with van der Waals surface area (Å²) >= 11 is 0. The van der Waals surface area contributed by atoms with Crippen LogP contribution in [0.25, 0.3) is 11.0 Å². The molecule has 0 aliphatic carbocycles. The molecule has 0 bridgehead atoms. The lowest BCUT2D eigenvalue weighted by Gasteiger charge is -2.35. The Morgan fingerprint density at radius 3 is 2.23 bits per heavy atom. The van der Waals surface area contributed by atoms with Crippen molar-refractivity contribution in [2.24, 2.45) is 0 Å². The molecule has 160 valence electrons. The summed E-state index contributed by atoms with van der Waals surface area (Å²) in [5.41, 5.74) is 1.26. The van der Waals surface area contributed by atoms with Crippen molar-refractivity contribution in [2.75, 3.05) is 37.6 Å². The zero-order valence-electron chi connectivity index (χ0n) is 17.1. The van der Waals surface area contributed by atoms with Crippen molar-refractivity contribution in [1.29, 1.82) is 5.26 Å². The molecule has 0 amide bonds. The van der Waals surface area contributed by atoms with Crippen LogP contribution in [0.1, 0.15) is 17.9 Å². The number of hydrogen-bond donors (Lipinski definition) is 0. The Morgan fingerprint density at radius 1 is 1.03 bits per heavy atom. The molecule has 1 saturated heterocycles. The minimum absolute atomic E-state index is 0.107. The summed E-state index contributed by atoms with van der Waals surface area (Å²) in [6.07, 6.45) is 0. The Morgan fingerprint density at radius 2 is 1.65 bits per heavy atom. The lowest BCUT2D eigenvalue weighted by atomic mass is 10.2. The van der Waals surface area contributed by atoms with Crippen LogP contribution >= 0.6 is 0 Å². The van der Waals surface area contributed by atoms with E-state index in [-0.39, 0.29) is 10.6 Å². The van der Waals surface area contributed by atoms with Gasteiger partial charge in [0, 0.05) is 26.2 Å². The molecule has 2 aromatic carbocycles. The van der Waals surface area contributed by atoms with Gasteiger partial charge in [-0.05, 0) is 42.9 Å². The van der Waals surface area contributed by atoms with Crippen molar-refractivity contribution in [1.82, 2.24) is 14.9 Å². The Bertz CT molecular complexity index is 1230. The van der Waals surface area contributed by atoms with Gasteiger partial charge in [0.05, 0.1) is 22.0 Å². The van der Waals surface area contributed by atoms with Crippen LogP contribution < -0.4 is 4.90 Å². The van der Waals surface area contributed by atoms with Crippen LogP contribution in [0.5, 0.6) is 0 Å². The number of rotatable bonds is 5. The van der Waals surface area contributed by atoms with E-state index in [4.69, 9.17) is 4.98 Å². The number of piperazine rings is 1. The number of benzene rings is 2. The SMILES string of the molecule is CCN1CCN(c2nc3ccccc3nc2C(C#N)S(=O)(=O)c2ccc(F)cc2)CC1. The maximum absolute atomic E-state index is 13.3. The number of likely N-dealkylation sites (N-methyl/N-ethyl adjacent to an activating group) is 1. The molecule has 31 heavy (non-hydrogen) atoms. The van der Waals surface area contributed by atoms with Gasteiger partial charge < -0.3 is 9.80 Å². The number of nitrogens with zero attached hydrogens (tertiary/aromatic N) is 5. The van der Waals surface area contributed by atoms with Gasteiger partial charge >= 0.3 is 0 Å². The van der Waals surface area contributed by atoms with Gasteiger partial charge in [-0.25, -0.2) is 22.8 Å². The maximum atomic E-state index is 13.3. The largest absolute Gasteiger partial charge is 0.352 e. The van der Waals surface area contributed by atoms with Gasteiger partial charge in [0.1, 0.15) is 11.5 Å². The van der Waals surface area contributed by atoms with Crippen molar-refractivity contribution in [2.45, 2.75) is 17.1 Å². The summed E-state index contributed by atoms with van der Waals surface area (Å²) in [4.78, 5) is 13.4. The average molecular weight is 440 g/mol. The monoisotopic (exact) mass is 439 g/mol. The number of sulfone groups is 1. The van der Waals surface area contributed by atoms with Crippen LogP contribution in [-0.2, 0) is 9.84 Å². The standard InChI is InChI=1S/C22H22FN5O2S/c1-2-27-11-13-28(14-12-27)22-21(25-18-5-3-4-6-19(18)26-22)20(15-24)31(29,30)17-9-7-16(23)8-10-17/h3-10,20H,2,11-14H2,1H3. The van der Waals surface area contributed by atoms with E-state index >= 15 is 0 Å². The predicted octanol–water partition coefficient (Wildman–Crippen LogP) is 2.95. The minimum atomic E-state index is -4.13. The Kier molecular flexibility index (Phi) is 5.85. The van der Waals surface area contributed by atoms with Crippen LogP contribution in [0.15, 0.2) is 53.4 Å². The van der Waals surface area contributed by atoms with Gasteiger partial charge in [-0.1, -0.05) is 19.1 Å². The van der Waals surface area contributed by atoms with E-state index in [1.165, 1.54) is 12.1 Å². The van der Waals surface area contributed by atoms with Gasteiger partial charge in [-0.2, -0.15) is 5.26 Å². The maximum Gasteiger partial charge on any atom is 0.200 e. The summed E-state index contributed by atoms with van der Waals surface area (Å²) in [5.74, 6) is -0.140. The molecule has 1 aromatic heterocycles. The molecule has 1 aliphatic rings. The molecular weight excluding hydrogens is 417 g/mol. The number of halogens is 1. The highest BCUT2D eigenvalue weighted by Crippen LogP contribution is 2.34. The molecule has 0 saturated carbocycles. The summed E-state index contributed by atoms with van der Waals surface area (Å²) in [6, 6.07) is 13.6. The summed E-state index contributed by atoms with van der Waals surface area (Å²) < 4.78 is 39.9. The number of para-hydroxylation sites is 2. The fourth-order valence-electron chi connectivity index (χ4n) is 3.73. The summed E-state index contributed by atoms with van der Waals surface area (Å²) in [7, 11) is -4.13. The highest BCUT2D eigenvalue weighted by atomic mass is 32.2. The second kappa shape index (κ2) is 8.57. The predicted molar refractivity (Wildman–Crippen MR) is 116 cm³/mol. The molecule has 1 unspecified atom stereocenters. The molecular formula is C22H22FN5O2S. The number of fused-ring (bicyclic) bond motifs is 1. The quantitative estimate of drug-likeness (QED) is 0.565. The van der Waals surface area contributed by atoms with E-state index in [1.807, 2.05) is 23.1 Å². The van der Waals surface area contributed by atoms with Crippen molar-refractivity contribution in [3.63, 3.8) is 0 Å². The fraction of sp³-hybridized carbons (Fsp3) is 0.318. The van der Waals surface area contributed by atoms with Gasteiger partial charge in [0.25, 0.3) is 0 Å². The molecule has 3 aromatic rings. The molecule has 1 fully saturated rings. The molecule has 9 heteroatoms. The third kappa shape index (κ3) is 4.09. The highest BCUT2D eigenvalue weighted by molar-refractivity contribution is 7.92. The van der Waals surface area contributed by atoms with E-state index in [0.717, 1.165) is 31.8 Å². The molecule has 0 N–H and O–H groups in total. The minimum Gasteiger partial charge on any atom is -0.352 e. The number of nitriles is 1. The normalized spacial score (nSPS) is 16.2.